The molecule has 2 aromatic rings. The van der Waals surface area contributed by atoms with Crippen LogP contribution in [0.5, 0.6) is 0 Å². The molecule has 21 heteroatoms. The van der Waals surface area contributed by atoms with E-state index in [1.807, 2.05) is 10.1 Å². The van der Waals surface area contributed by atoms with Crippen LogP contribution in [0.4, 0.5) is 62.8 Å². The minimum Gasteiger partial charge on any atom is -0.332 e. The van der Waals surface area contributed by atoms with E-state index in [9.17, 15) is 61.9 Å². The molecule has 2 rings (SSSR count). The number of anilines is 1. The standard InChI is InChI=1S/C20H9Cl2F13N2O3S/c21-9-4-5-12(22)11(7-9)13(38)37-14(41)36-10-3-1-2-8(6-10)15(23,24)17(27,28)39-18(29,30)16(25,26)19(31,32)40-20(33,34)35/h1-7H,(H2,36,37,38,41). The van der Waals surface area contributed by atoms with E-state index in [1.54, 1.807) is 4.74 Å². The zero-order valence-electron chi connectivity index (χ0n) is 18.8. The lowest BCUT2D eigenvalue weighted by molar-refractivity contribution is -0.535. The molecule has 0 spiro atoms. The molecule has 0 aromatic heterocycles. The van der Waals surface area contributed by atoms with Gasteiger partial charge in [0.05, 0.1) is 10.6 Å². The van der Waals surface area contributed by atoms with Crippen molar-refractivity contribution in [3.8, 4) is 0 Å². The van der Waals surface area contributed by atoms with E-state index in [0.29, 0.717) is 6.07 Å². The summed E-state index contributed by atoms with van der Waals surface area (Å²) in [4.78, 5) is 12.3. The van der Waals surface area contributed by atoms with Crippen molar-refractivity contribution in [3.05, 3.63) is 63.6 Å². The zero-order chi connectivity index (χ0) is 31.8. The largest absolute Gasteiger partial charge is 0.527 e. The average Bonchev–Trinajstić information content (AvgIpc) is 2.78. The number of benzene rings is 2. The second-order valence-corrected chi connectivity index (χ2v) is 8.71. The van der Waals surface area contributed by atoms with Gasteiger partial charge in [-0.3, -0.25) is 10.1 Å². The highest BCUT2D eigenvalue weighted by atomic mass is 35.5. The summed E-state index contributed by atoms with van der Waals surface area (Å²) in [5, 5.41) is 3.37. The van der Waals surface area contributed by atoms with Crippen molar-refractivity contribution < 1.29 is 71.3 Å². The topological polar surface area (TPSA) is 59.6 Å². The molecule has 0 heterocycles. The Labute approximate surface area is 234 Å². The Hall–Kier alpha value is -2.61. The molecule has 0 atom stereocenters. The number of rotatable bonds is 9. The van der Waals surface area contributed by atoms with Crippen molar-refractivity contribution >= 4 is 52.1 Å². The Morgan fingerprint density at radius 1 is 0.756 bits per heavy atom. The fourth-order valence-electron chi connectivity index (χ4n) is 2.63. The molecule has 0 aliphatic carbocycles. The molecule has 0 aliphatic heterocycles. The van der Waals surface area contributed by atoms with Crippen LogP contribution in [0.3, 0.4) is 0 Å². The van der Waals surface area contributed by atoms with Crippen LogP contribution in [0.2, 0.25) is 10.0 Å². The predicted octanol–water partition coefficient (Wildman–Crippen LogP) is 8.18. The molecule has 0 unspecified atom stereocenters. The lowest BCUT2D eigenvalue weighted by Crippen LogP contribution is -2.61. The highest BCUT2D eigenvalue weighted by Gasteiger charge is 2.80. The van der Waals surface area contributed by atoms with Gasteiger partial charge in [0.1, 0.15) is 0 Å². The lowest BCUT2D eigenvalue weighted by atomic mass is 10.1. The van der Waals surface area contributed by atoms with Crippen molar-refractivity contribution in [1.82, 2.24) is 5.32 Å². The molecule has 41 heavy (non-hydrogen) atoms. The fourth-order valence-corrected chi connectivity index (χ4v) is 3.22. The summed E-state index contributed by atoms with van der Waals surface area (Å²) in [6.45, 7) is 0. The number of thiocarbonyl (C=S) groups is 1. The van der Waals surface area contributed by atoms with Crippen molar-refractivity contribution in [2.75, 3.05) is 5.32 Å². The van der Waals surface area contributed by atoms with Crippen LogP contribution in [-0.2, 0) is 15.4 Å². The van der Waals surface area contributed by atoms with E-state index < -0.39 is 58.8 Å². The maximum atomic E-state index is 14.4. The molecule has 2 N–H and O–H groups in total. The summed E-state index contributed by atoms with van der Waals surface area (Å²) in [5.74, 6) is -14.6. The molecular formula is C20H9Cl2F13N2O3S. The Morgan fingerprint density at radius 2 is 1.32 bits per heavy atom. The third-order valence-electron chi connectivity index (χ3n) is 4.48. The van der Waals surface area contributed by atoms with E-state index >= 15 is 0 Å². The Kier molecular flexibility index (Phi) is 9.77. The number of amides is 1. The van der Waals surface area contributed by atoms with Crippen LogP contribution >= 0.6 is 35.4 Å². The van der Waals surface area contributed by atoms with Crippen LogP contribution in [-0.4, -0.2) is 41.6 Å². The number of alkyl halides is 13. The van der Waals surface area contributed by atoms with Crippen LogP contribution < -0.4 is 10.6 Å². The minimum absolute atomic E-state index is 0.0662. The van der Waals surface area contributed by atoms with Gasteiger partial charge in [-0.15, -0.1) is 13.2 Å². The summed E-state index contributed by atoms with van der Waals surface area (Å²) in [5.41, 5.74) is -2.84. The summed E-state index contributed by atoms with van der Waals surface area (Å²) in [7, 11) is 0. The van der Waals surface area contributed by atoms with Gasteiger partial charge in [0.2, 0.25) is 0 Å². The first kappa shape index (κ1) is 34.6. The van der Waals surface area contributed by atoms with Gasteiger partial charge in [0.25, 0.3) is 5.91 Å². The second-order valence-electron chi connectivity index (χ2n) is 7.46. The number of carbonyl (C=O) groups excluding carboxylic acids is 1. The quantitative estimate of drug-likeness (QED) is 0.208. The maximum Gasteiger partial charge on any atom is 0.527 e. The molecule has 0 fully saturated rings. The van der Waals surface area contributed by atoms with Crippen LogP contribution in [0.1, 0.15) is 15.9 Å². The molecule has 0 bridgehead atoms. The summed E-state index contributed by atoms with van der Waals surface area (Å²) in [6, 6.07) is 5.26. The number of carbonyl (C=O) groups is 1. The van der Waals surface area contributed by atoms with Crippen LogP contribution in [0.25, 0.3) is 0 Å². The second kappa shape index (κ2) is 11.6. The van der Waals surface area contributed by atoms with Gasteiger partial charge in [-0.05, 0) is 42.5 Å². The summed E-state index contributed by atoms with van der Waals surface area (Å²) >= 11 is 16.3. The highest BCUT2D eigenvalue weighted by Crippen LogP contribution is 2.54. The molecule has 0 radical (unpaired) electrons. The third-order valence-corrected chi connectivity index (χ3v) is 5.25. The molecule has 228 valence electrons. The number of hydrogen-bond donors (Lipinski definition) is 2. The van der Waals surface area contributed by atoms with Crippen molar-refractivity contribution in [2.45, 2.75) is 36.5 Å². The third kappa shape index (κ3) is 7.82. The fraction of sp³-hybridized carbons (Fsp3) is 0.300. The summed E-state index contributed by atoms with van der Waals surface area (Å²) in [6.07, 6.45) is -28.1. The van der Waals surface area contributed by atoms with E-state index in [2.05, 4.69) is 5.32 Å². The Balaban J connectivity index is 2.27. The molecule has 5 nitrogen and oxygen atoms in total. The highest BCUT2D eigenvalue weighted by molar-refractivity contribution is 7.80. The Bertz CT molecular complexity index is 1310. The molecule has 2 aromatic carbocycles. The molecular weight excluding hydrogens is 666 g/mol. The van der Waals surface area contributed by atoms with E-state index in [1.165, 1.54) is 12.1 Å². The maximum absolute atomic E-state index is 14.4. The van der Waals surface area contributed by atoms with Gasteiger partial charge in [0, 0.05) is 16.3 Å². The number of hydrogen-bond acceptors (Lipinski definition) is 4. The normalized spacial score (nSPS) is 13.6. The van der Waals surface area contributed by atoms with Gasteiger partial charge < -0.3 is 5.32 Å². The van der Waals surface area contributed by atoms with Gasteiger partial charge >= 0.3 is 36.5 Å². The van der Waals surface area contributed by atoms with Crippen molar-refractivity contribution in [2.24, 2.45) is 0 Å². The van der Waals surface area contributed by atoms with E-state index in [4.69, 9.17) is 35.4 Å². The van der Waals surface area contributed by atoms with Gasteiger partial charge in [-0.2, -0.15) is 43.9 Å². The predicted molar refractivity (Wildman–Crippen MR) is 118 cm³/mol. The van der Waals surface area contributed by atoms with Crippen molar-refractivity contribution in [1.29, 1.82) is 0 Å². The SMILES string of the molecule is O=C(NC(=S)Nc1cccc(C(F)(F)C(F)(F)OC(F)(F)C(F)(F)C(F)(F)OC(F)(F)F)c1)c1cc(Cl)ccc1Cl. The molecule has 0 saturated carbocycles. The lowest BCUT2D eigenvalue weighted by Gasteiger charge is -2.35. The monoisotopic (exact) mass is 674 g/mol. The molecule has 0 aliphatic rings. The number of ether oxygens (including phenoxy) is 2. The smallest absolute Gasteiger partial charge is 0.332 e. The van der Waals surface area contributed by atoms with E-state index in [-0.39, 0.29) is 27.7 Å². The van der Waals surface area contributed by atoms with Crippen molar-refractivity contribution in [3.63, 3.8) is 0 Å². The van der Waals surface area contributed by atoms with Gasteiger partial charge in [-0.25, -0.2) is 9.47 Å². The first-order chi connectivity index (χ1) is 18.3. The summed E-state index contributed by atoms with van der Waals surface area (Å²) < 4.78 is 176. The van der Waals surface area contributed by atoms with Gasteiger partial charge in [-0.1, -0.05) is 35.3 Å². The first-order valence-corrected chi connectivity index (χ1v) is 11.0. The molecule has 1 amide bonds. The Morgan fingerprint density at radius 3 is 1.88 bits per heavy atom. The van der Waals surface area contributed by atoms with Gasteiger partial charge in [0.15, 0.2) is 5.11 Å². The number of nitrogens with one attached hydrogen (secondary N) is 2. The first-order valence-electron chi connectivity index (χ1n) is 9.87. The van der Waals surface area contributed by atoms with Crippen LogP contribution in [0, 0.1) is 0 Å². The van der Waals surface area contributed by atoms with Crippen LogP contribution in [0.15, 0.2) is 42.5 Å². The molecule has 0 saturated heterocycles. The minimum atomic E-state index is -7.55. The average molecular weight is 675 g/mol. The zero-order valence-corrected chi connectivity index (χ0v) is 21.2. The van der Waals surface area contributed by atoms with E-state index in [0.717, 1.165) is 12.1 Å². The number of halogens is 15.